The number of likely N-dealkylation sites (tertiary alicyclic amines) is 1. The predicted molar refractivity (Wildman–Crippen MR) is 121 cm³/mol. The number of nitrogens with zero attached hydrogens (tertiary/aromatic N) is 3. The van der Waals surface area contributed by atoms with Crippen LogP contribution in [0.3, 0.4) is 0 Å². The van der Waals surface area contributed by atoms with E-state index in [9.17, 15) is 18.8 Å². The maximum Gasteiger partial charge on any atom is 0.289 e. The lowest BCUT2D eigenvalue weighted by Gasteiger charge is -2.37. The van der Waals surface area contributed by atoms with E-state index in [1.54, 1.807) is 6.07 Å². The highest BCUT2D eigenvalue weighted by atomic mass is 35.7. The molecule has 36 heavy (non-hydrogen) atoms. The third-order valence-electron chi connectivity index (χ3n) is 6.76. The summed E-state index contributed by atoms with van der Waals surface area (Å²) >= 11 is 0. The van der Waals surface area contributed by atoms with Crippen molar-refractivity contribution in [3.63, 3.8) is 0 Å². The van der Waals surface area contributed by atoms with Gasteiger partial charge in [-0.3, -0.25) is 14.6 Å². The minimum absolute atomic E-state index is 0.311. The summed E-state index contributed by atoms with van der Waals surface area (Å²) in [5.41, 5.74) is 2.50. The summed E-state index contributed by atoms with van der Waals surface area (Å²) in [5.74, 6) is 1.27. The van der Waals surface area contributed by atoms with E-state index in [0.717, 1.165) is 55.3 Å². The fraction of sp³-hybridized carbons (Fsp3) is 0.480. The third-order valence-corrected chi connectivity index (χ3v) is 7.18. The molecule has 0 N–H and O–H groups in total. The largest absolute Gasteiger partial charge is 0.486 e. The van der Waals surface area contributed by atoms with Crippen LogP contribution in [0.2, 0.25) is 0 Å². The molecular formula is C25H30ClN3O7. The first-order valence-corrected chi connectivity index (χ1v) is 13.5. The molecule has 11 heteroatoms. The quantitative estimate of drug-likeness (QED) is 0.503. The summed E-state index contributed by atoms with van der Waals surface area (Å²) in [4.78, 5) is 19.2. The first kappa shape index (κ1) is 25.1. The topological polar surface area (TPSA) is 124 Å². The Morgan fingerprint density at radius 2 is 1.75 bits per heavy atom. The molecule has 194 valence electrons. The van der Waals surface area contributed by atoms with Gasteiger partial charge in [0.15, 0.2) is 11.5 Å². The molecule has 10 nitrogen and oxygen atoms in total. The molecule has 0 saturated carbocycles. The van der Waals surface area contributed by atoms with Gasteiger partial charge < -0.3 is 14.4 Å². The van der Waals surface area contributed by atoms with Gasteiger partial charge in [0.05, 0.1) is 20.2 Å². The van der Waals surface area contributed by atoms with E-state index >= 15 is 0 Å². The molecule has 2 aromatic rings. The van der Waals surface area contributed by atoms with Gasteiger partial charge in [0.1, 0.15) is 13.2 Å². The van der Waals surface area contributed by atoms with Gasteiger partial charge >= 0.3 is 0 Å². The van der Waals surface area contributed by atoms with Gasteiger partial charge in [-0.1, -0.05) is 18.2 Å². The van der Waals surface area contributed by atoms with Gasteiger partial charge in [0.25, 0.3) is 12.1 Å². The van der Waals surface area contributed by atoms with Gasteiger partial charge in [-0.2, -0.15) is 14.0 Å². The Morgan fingerprint density at radius 3 is 2.56 bits per heavy atom. The standard InChI is InChI=1S/C25H30ClN3O7/c30-25(29-10-2-1-9-23(29)36-26(31,32)33)20-6-3-5-19(17-20)18-27-11-13-28(14-12-27)21-7-4-8-22-24(21)35-16-15-34-22/h3-8,17,23H,1-2,9-16,18H2. The van der Waals surface area contributed by atoms with Gasteiger partial charge in [0, 0.05) is 51.3 Å². The summed E-state index contributed by atoms with van der Waals surface area (Å²) in [6, 6.07) is 13.3. The number of anilines is 1. The Bertz CT molecular complexity index is 1070. The first-order valence-electron chi connectivity index (χ1n) is 12.2. The maximum absolute atomic E-state index is 13.2. The summed E-state index contributed by atoms with van der Waals surface area (Å²) in [6.45, 7) is 5.54. The average Bonchev–Trinajstić information content (AvgIpc) is 2.88. The molecule has 2 fully saturated rings. The van der Waals surface area contributed by atoms with Crippen LogP contribution in [-0.4, -0.2) is 67.9 Å². The lowest BCUT2D eigenvalue weighted by molar-refractivity contribution is -1.92. The number of hydrogen-bond donors (Lipinski definition) is 0. The van der Waals surface area contributed by atoms with Gasteiger partial charge in [-0.25, -0.2) is 0 Å². The second-order valence-electron chi connectivity index (χ2n) is 9.18. The highest BCUT2D eigenvalue weighted by molar-refractivity contribution is 5.94. The van der Waals surface area contributed by atoms with E-state index in [0.29, 0.717) is 44.7 Å². The molecule has 2 saturated heterocycles. The number of amides is 1. The van der Waals surface area contributed by atoms with Crippen molar-refractivity contribution in [1.29, 1.82) is 0 Å². The fourth-order valence-corrected chi connectivity index (χ4v) is 5.47. The zero-order valence-electron chi connectivity index (χ0n) is 20.0. The van der Waals surface area contributed by atoms with E-state index in [2.05, 4.69) is 20.2 Å². The van der Waals surface area contributed by atoms with E-state index in [1.165, 1.54) is 4.90 Å². The number of carbonyl (C=O) groups excluding carboxylic acids is 1. The number of para-hydroxylation sites is 1. The molecule has 3 aliphatic rings. The second kappa shape index (κ2) is 10.8. The number of carbonyl (C=O) groups is 1. The summed E-state index contributed by atoms with van der Waals surface area (Å²) < 4.78 is 49.5. The van der Waals surface area contributed by atoms with Gasteiger partial charge in [0.2, 0.25) is 0 Å². The van der Waals surface area contributed by atoms with Crippen molar-refractivity contribution in [1.82, 2.24) is 9.80 Å². The van der Waals surface area contributed by atoms with Crippen molar-refractivity contribution in [2.45, 2.75) is 32.0 Å². The summed E-state index contributed by atoms with van der Waals surface area (Å²) in [7, 11) is -4.61. The van der Waals surface area contributed by atoms with Crippen LogP contribution >= 0.6 is 0 Å². The van der Waals surface area contributed by atoms with Crippen LogP contribution in [0.15, 0.2) is 42.5 Å². The molecule has 1 amide bonds. The van der Waals surface area contributed by atoms with Crippen molar-refractivity contribution in [2.75, 3.05) is 50.8 Å². The molecule has 3 heterocycles. The SMILES string of the molecule is O=C(c1cccc(CN2CCN(c3cccc4c3OCCO4)CC2)c1)N1CCCCC1O[Cl+3]([O-])([O-])[O-]. The minimum Gasteiger partial charge on any atom is -0.486 e. The van der Waals surface area contributed by atoms with E-state index in [1.807, 2.05) is 30.3 Å². The fourth-order valence-electron chi connectivity index (χ4n) is 5.03. The molecule has 2 aromatic carbocycles. The van der Waals surface area contributed by atoms with Crippen molar-refractivity contribution in [3.05, 3.63) is 53.6 Å². The van der Waals surface area contributed by atoms with Crippen molar-refractivity contribution in [2.24, 2.45) is 0 Å². The molecule has 5 rings (SSSR count). The third kappa shape index (κ3) is 5.86. The molecule has 1 atom stereocenters. The molecule has 3 aliphatic heterocycles. The maximum atomic E-state index is 13.2. The molecule has 0 radical (unpaired) electrons. The molecule has 0 bridgehead atoms. The number of piperidine rings is 1. The zero-order valence-corrected chi connectivity index (χ0v) is 20.7. The minimum atomic E-state index is -4.61. The Kier molecular flexibility index (Phi) is 7.52. The Hall–Kier alpha value is -2.60. The van der Waals surface area contributed by atoms with Crippen LogP contribution in [0, 0.1) is 10.2 Å². The molecular weight excluding hydrogens is 490 g/mol. The monoisotopic (exact) mass is 519 g/mol. The molecule has 0 spiro atoms. The number of halogens is 1. The Morgan fingerprint density at radius 1 is 0.972 bits per heavy atom. The normalized spacial score (nSPS) is 20.9. The van der Waals surface area contributed by atoms with Crippen LogP contribution in [-0.2, 0) is 10.8 Å². The Labute approximate surface area is 212 Å². The van der Waals surface area contributed by atoms with Crippen LogP contribution in [0.5, 0.6) is 11.5 Å². The second-order valence-corrected chi connectivity index (χ2v) is 10.1. The van der Waals surface area contributed by atoms with Crippen molar-refractivity contribution >= 4 is 11.6 Å². The van der Waals surface area contributed by atoms with Crippen molar-refractivity contribution in [3.8, 4) is 11.5 Å². The van der Waals surface area contributed by atoms with Crippen molar-refractivity contribution < 1.29 is 42.8 Å². The first-order chi connectivity index (χ1) is 17.4. The smallest absolute Gasteiger partial charge is 0.289 e. The van der Waals surface area contributed by atoms with Crippen LogP contribution in [0.1, 0.15) is 35.2 Å². The number of rotatable bonds is 6. The van der Waals surface area contributed by atoms with Crippen LogP contribution in [0.4, 0.5) is 5.69 Å². The van der Waals surface area contributed by atoms with Gasteiger partial charge in [-0.05, 0) is 42.7 Å². The summed E-state index contributed by atoms with van der Waals surface area (Å²) in [5, 5.41) is 0. The molecule has 0 aliphatic carbocycles. The van der Waals surface area contributed by atoms with E-state index < -0.39 is 16.5 Å². The Balaban J connectivity index is 1.21. The van der Waals surface area contributed by atoms with E-state index in [-0.39, 0.29) is 5.91 Å². The molecule has 1 unspecified atom stereocenters. The van der Waals surface area contributed by atoms with Crippen LogP contribution in [0.25, 0.3) is 0 Å². The zero-order chi connectivity index (χ0) is 25.1. The number of ether oxygens (including phenoxy) is 2. The number of piperazine rings is 1. The highest BCUT2D eigenvalue weighted by Crippen LogP contribution is 2.39. The van der Waals surface area contributed by atoms with E-state index in [4.69, 9.17) is 9.47 Å². The number of hydrogen-bond acceptors (Lipinski definition) is 9. The van der Waals surface area contributed by atoms with Gasteiger partial charge in [-0.15, -0.1) is 0 Å². The molecule has 0 aromatic heterocycles. The highest BCUT2D eigenvalue weighted by Gasteiger charge is 2.39. The lowest BCUT2D eigenvalue weighted by atomic mass is 10.1. The predicted octanol–water partition coefficient (Wildman–Crippen LogP) is -0.354. The number of benzene rings is 2. The summed E-state index contributed by atoms with van der Waals surface area (Å²) in [6.07, 6.45) is 0.667. The van der Waals surface area contributed by atoms with Crippen LogP contribution < -0.4 is 28.4 Å². The number of fused-ring (bicyclic) bond motifs is 1. The lowest BCUT2D eigenvalue weighted by Crippen LogP contribution is -2.64. The average molecular weight is 520 g/mol.